The highest BCUT2D eigenvalue weighted by atomic mass is 16.6. The van der Waals surface area contributed by atoms with Crippen LogP contribution < -0.4 is 5.32 Å². The molecule has 0 saturated carbocycles. The van der Waals surface area contributed by atoms with Crippen molar-refractivity contribution in [1.29, 1.82) is 5.26 Å². The minimum absolute atomic E-state index is 0.120. The average Bonchev–Trinajstić information content (AvgIpc) is 2.93. The van der Waals surface area contributed by atoms with E-state index >= 15 is 0 Å². The lowest BCUT2D eigenvalue weighted by atomic mass is 10.00. The summed E-state index contributed by atoms with van der Waals surface area (Å²) in [5.74, 6) is -0.124. The lowest BCUT2D eigenvalue weighted by Crippen LogP contribution is -2.22. The zero-order valence-corrected chi connectivity index (χ0v) is 13.8. The van der Waals surface area contributed by atoms with E-state index in [9.17, 15) is 15.0 Å². The fourth-order valence-electron chi connectivity index (χ4n) is 3.42. The molecule has 4 rings (SSSR count). The van der Waals surface area contributed by atoms with Crippen molar-refractivity contribution in [3.8, 4) is 17.2 Å². The molecule has 0 saturated heterocycles. The molecule has 2 N–H and O–H groups in total. The Balaban J connectivity index is 1.99. The summed E-state index contributed by atoms with van der Waals surface area (Å²) in [5, 5.41) is 22.1. The first-order valence-electron chi connectivity index (χ1n) is 8.20. The van der Waals surface area contributed by atoms with Gasteiger partial charge in [-0.25, -0.2) is 5.21 Å². The zero-order valence-electron chi connectivity index (χ0n) is 13.8. The Bertz CT molecular complexity index is 1090. The summed E-state index contributed by atoms with van der Waals surface area (Å²) >= 11 is 0. The summed E-state index contributed by atoms with van der Waals surface area (Å²) in [7, 11) is 0. The maximum absolute atomic E-state index is 12.3. The van der Waals surface area contributed by atoms with Crippen LogP contribution in [0.25, 0.3) is 22.0 Å². The van der Waals surface area contributed by atoms with Crippen LogP contribution in [0.15, 0.2) is 42.5 Å². The van der Waals surface area contributed by atoms with Crippen LogP contribution in [0.1, 0.15) is 22.5 Å². The first kappa shape index (κ1) is 15.8. The van der Waals surface area contributed by atoms with Gasteiger partial charge in [0.15, 0.2) is 0 Å². The van der Waals surface area contributed by atoms with Crippen LogP contribution in [0, 0.1) is 16.2 Å². The molecule has 0 bridgehead atoms. The van der Waals surface area contributed by atoms with Gasteiger partial charge in [-0.2, -0.15) is 5.26 Å². The molecule has 128 valence electrons. The van der Waals surface area contributed by atoms with E-state index in [2.05, 4.69) is 11.4 Å². The fraction of sp³-hybridized carbons (Fsp3) is 0.158. The standard InChI is InChI=1S/C19H14N4O3/c20-11-12-8-14-10-17-19(24)21-6-1-7-22(17)18(14)16(9-12)13-2-4-15(5-3-13)23(25)26/h2-5,8-10H,1,6-7H2,(H-,21,24,25,26)/p+1. The summed E-state index contributed by atoms with van der Waals surface area (Å²) in [5.41, 5.74) is 3.67. The molecule has 1 amide bonds. The van der Waals surface area contributed by atoms with E-state index in [1.807, 2.05) is 10.6 Å². The lowest BCUT2D eigenvalue weighted by Gasteiger charge is -2.11. The second-order valence-electron chi connectivity index (χ2n) is 6.18. The van der Waals surface area contributed by atoms with Crippen molar-refractivity contribution in [3.63, 3.8) is 0 Å². The number of nitrogens with zero attached hydrogens (tertiary/aromatic N) is 3. The van der Waals surface area contributed by atoms with Gasteiger partial charge in [0.05, 0.1) is 22.1 Å². The van der Waals surface area contributed by atoms with Crippen molar-refractivity contribution in [1.82, 2.24) is 9.88 Å². The van der Waals surface area contributed by atoms with Crippen LogP contribution in [0.2, 0.25) is 0 Å². The number of benzene rings is 2. The Hall–Kier alpha value is -3.66. The zero-order chi connectivity index (χ0) is 18.3. The Kier molecular flexibility index (Phi) is 3.66. The highest BCUT2D eigenvalue weighted by Gasteiger charge is 2.21. The molecule has 2 aromatic carbocycles. The van der Waals surface area contributed by atoms with Crippen molar-refractivity contribution in [2.24, 2.45) is 0 Å². The van der Waals surface area contributed by atoms with Crippen molar-refractivity contribution in [2.45, 2.75) is 13.0 Å². The van der Waals surface area contributed by atoms with Gasteiger partial charge in [-0.05, 0) is 42.3 Å². The third-order valence-corrected chi connectivity index (χ3v) is 4.60. The van der Waals surface area contributed by atoms with Crippen LogP contribution in [0.5, 0.6) is 0 Å². The van der Waals surface area contributed by atoms with E-state index < -0.39 is 0 Å². The minimum atomic E-state index is -0.196. The SMILES string of the molecule is N#Cc1cc(-c2ccc([N+](=O)O)cc2)c2c(c1)cc1n2CCCNC1=O. The van der Waals surface area contributed by atoms with Crippen molar-refractivity contribution in [2.75, 3.05) is 6.54 Å². The maximum Gasteiger partial charge on any atom is 0.316 e. The number of amides is 1. The molecule has 0 fully saturated rings. The fourth-order valence-corrected chi connectivity index (χ4v) is 3.42. The van der Waals surface area contributed by atoms with Gasteiger partial charge in [-0.1, -0.05) is 0 Å². The lowest BCUT2D eigenvalue weighted by molar-refractivity contribution is -0.729. The molecule has 1 aliphatic rings. The normalized spacial score (nSPS) is 13.6. The molecule has 1 aromatic heterocycles. The third kappa shape index (κ3) is 2.48. The highest BCUT2D eigenvalue weighted by molar-refractivity contribution is 6.03. The summed E-state index contributed by atoms with van der Waals surface area (Å²) in [6, 6.07) is 13.9. The number of hydrogen-bond donors (Lipinski definition) is 2. The molecule has 7 heteroatoms. The number of hydrogen-bond acceptors (Lipinski definition) is 3. The molecule has 3 aromatic rings. The van der Waals surface area contributed by atoms with E-state index in [0.717, 1.165) is 28.5 Å². The van der Waals surface area contributed by atoms with Gasteiger partial charge < -0.3 is 9.88 Å². The number of nitriles is 1. The second-order valence-corrected chi connectivity index (χ2v) is 6.18. The number of carbonyl (C=O) groups is 1. The highest BCUT2D eigenvalue weighted by Crippen LogP contribution is 2.34. The number of rotatable bonds is 2. The Morgan fingerprint density at radius 3 is 2.65 bits per heavy atom. The van der Waals surface area contributed by atoms with E-state index in [1.54, 1.807) is 24.3 Å². The van der Waals surface area contributed by atoms with Crippen LogP contribution in [0.3, 0.4) is 0 Å². The smallest absolute Gasteiger partial charge is 0.316 e. The van der Waals surface area contributed by atoms with Gasteiger partial charge in [-0.3, -0.25) is 4.79 Å². The van der Waals surface area contributed by atoms with Crippen molar-refractivity contribution < 1.29 is 14.9 Å². The first-order valence-corrected chi connectivity index (χ1v) is 8.20. The van der Waals surface area contributed by atoms with Crippen LogP contribution in [-0.4, -0.2) is 27.1 Å². The summed E-state index contributed by atoms with van der Waals surface area (Å²) in [6.45, 7) is 1.32. The maximum atomic E-state index is 12.3. The quantitative estimate of drug-likeness (QED) is 0.696. The van der Waals surface area contributed by atoms with E-state index in [0.29, 0.717) is 24.3 Å². The second kappa shape index (κ2) is 6.01. The molecule has 0 radical (unpaired) electrons. The minimum Gasteiger partial charge on any atom is -0.351 e. The summed E-state index contributed by atoms with van der Waals surface area (Å²) < 4.78 is 1.98. The molecule has 26 heavy (non-hydrogen) atoms. The molecular weight excluding hydrogens is 332 g/mol. The van der Waals surface area contributed by atoms with Gasteiger partial charge in [0.25, 0.3) is 10.8 Å². The number of aromatic nitrogens is 1. The van der Waals surface area contributed by atoms with E-state index in [-0.39, 0.29) is 16.5 Å². The topological polar surface area (TPSA) is 98.1 Å². The molecule has 0 aliphatic carbocycles. The van der Waals surface area contributed by atoms with Gasteiger partial charge >= 0.3 is 5.69 Å². The van der Waals surface area contributed by atoms with Crippen LogP contribution in [0.4, 0.5) is 5.69 Å². The van der Waals surface area contributed by atoms with Gasteiger partial charge in [0.1, 0.15) is 5.69 Å². The molecule has 7 nitrogen and oxygen atoms in total. The van der Waals surface area contributed by atoms with Gasteiger partial charge in [-0.15, -0.1) is 0 Å². The van der Waals surface area contributed by atoms with Crippen molar-refractivity contribution >= 4 is 22.5 Å². The Labute approximate surface area is 148 Å². The number of nitrogens with one attached hydrogen (secondary N) is 1. The molecular formula is C19H15N4O3+. The average molecular weight is 347 g/mol. The summed E-state index contributed by atoms with van der Waals surface area (Å²) in [4.78, 5) is 23.1. The number of fused-ring (bicyclic) bond motifs is 3. The predicted molar refractivity (Wildman–Crippen MR) is 94.1 cm³/mol. The van der Waals surface area contributed by atoms with E-state index in [4.69, 9.17) is 5.21 Å². The molecule has 2 heterocycles. The molecule has 0 atom stereocenters. The van der Waals surface area contributed by atoms with Crippen LogP contribution in [-0.2, 0) is 6.54 Å². The van der Waals surface area contributed by atoms with Gasteiger partial charge in [0, 0.05) is 36.2 Å². The first-order chi connectivity index (χ1) is 12.6. The number of carbonyl (C=O) groups excluding carboxylic acids is 1. The largest absolute Gasteiger partial charge is 0.351 e. The Morgan fingerprint density at radius 1 is 1.19 bits per heavy atom. The summed E-state index contributed by atoms with van der Waals surface area (Å²) in [6.07, 6.45) is 0.816. The Morgan fingerprint density at radius 2 is 1.96 bits per heavy atom. The molecule has 0 unspecified atom stereocenters. The number of aryl methyl sites for hydroxylation is 1. The predicted octanol–water partition coefficient (Wildman–Crippen LogP) is 3.11. The van der Waals surface area contributed by atoms with Crippen LogP contribution >= 0.6 is 0 Å². The van der Waals surface area contributed by atoms with Crippen molar-refractivity contribution in [3.05, 3.63) is 58.6 Å². The molecule has 0 spiro atoms. The molecule has 1 aliphatic heterocycles. The monoisotopic (exact) mass is 347 g/mol. The van der Waals surface area contributed by atoms with E-state index in [1.165, 1.54) is 12.1 Å². The van der Waals surface area contributed by atoms with Gasteiger partial charge in [0.2, 0.25) is 0 Å². The third-order valence-electron chi connectivity index (χ3n) is 4.60.